The van der Waals surface area contributed by atoms with E-state index in [4.69, 9.17) is 4.74 Å². The van der Waals surface area contributed by atoms with Crippen LogP contribution < -0.4 is 10.2 Å². The molecule has 6 nitrogen and oxygen atoms in total. The van der Waals surface area contributed by atoms with Gasteiger partial charge in [0.05, 0.1) is 0 Å². The van der Waals surface area contributed by atoms with Gasteiger partial charge in [-0.05, 0) is 34.6 Å². The van der Waals surface area contributed by atoms with E-state index in [1.807, 2.05) is 0 Å². The van der Waals surface area contributed by atoms with Crippen molar-refractivity contribution in [1.82, 2.24) is 9.88 Å². The third-order valence-electron chi connectivity index (χ3n) is 2.42. The summed E-state index contributed by atoms with van der Waals surface area (Å²) in [5.41, 5.74) is 0.122. The number of ether oxygens (including phenoxy) is 1. The number of nitrogens with one attached hydrogen (secondary N) is 1. The molecule has 1 aromatic heterocycles. The highest BCUT2D eigenvalue weighted by atomic mass is 32.1. The Morgan fingerprint density at radius 2 is 2.05 bits per heavy atom. The maximum absolute atomic E-state index is 11.8. The van der Waals surface area contributed by atoms with Crippen LogP contribution in [0.5, 0.6) is 0 Å². The minimum absolute atomic E-state index is 0.0959. The molecule has 0 saturated carbocycles. The lowest BCUT2D eigenvalue weighted by atomic mass is 10.2. The van der Waals surface area contributed by atoms with Gasteiger partial charge in [0, 0.05) is 11.1 Å². The Balaban J connectivity index is 2.59. The zero-order valence-electron chi connectivity index (χ0n) is 12.4. The maximum Gasteiger partial charge on any atom is 0.328 e. The first-order chi connectivity index (χ1) is 9.10. The standard InChI is InChI=1S/C13H20N2O4S/c1-8-7-20-12(18)15(8)6-10(16)14-9(2)11(17)19-13(3,4)5/h7,9H,6H2,1-5H3,(H,14,16)/t9-/m0/s1. The molecule has 0 aliphatic rings. The highest BCUT2D eigenvalue weighted by Crippen LogP contribution is 2.08. The average molecular weight is 300 g/mol. The SMILES string of the molecule is Cc1csc(=O)n1CC(=O)N[C@@H](C)C(=O)OC(C)(C)C. The van der Waals surface area contributed by atoms with E-state index >= 15 is 0 Å². The number of hydrogen-bond donors (Lipinski definition) is 1. The highest BCUT2D eigenvalue weighted by Gasteiger charge is 2.23. The molecule has 0 saturated heterocycles. The second-order valence-electron chi connectivity index (χ2n) is 5.55. The Morgan fingerprint density at radius 3 is 2.50 bits per heavy atom. The molecule has 0 fully saturated rings. The molecule has 0 unspecified atom stereocenters. The van der Waals surface area contributed by atoms with Gasteiger partial charge >= 0.3 is 10.8 Å². The lowest BCUT2D eigenvalue weighted by Gasteiger charge is -2.22. The molecule has 0 bridgehead atoms. The number of esters is 1. The van der Waals surface area contributed by atoms with Crippen LogP contribution in [0.3, 0.4) is 0 Å². The van der Waals surface area contributed by atoms with Crippen molar-refractivity contribution in [1.29, 1.82) is 0 Å². The molecule has 20 heavy (non-hydrogen) atoms. The number of carbonyl (C=O) groups is 2. The van der Waals surface area contributed by atoms with E-state index < -0.39 is 23.5 Å². The molecule has 0 aromatic carbocycles. The summed E-state index contributed by atoms with van der Waals surface area (Å²) in [6.07, 6.45) is 0. The summed E-state index contributed by atoms with van der Waals surface area (Å²) in [5.74, 6) is -0.896. The van der Waals surface area contributed by atoms with Crippen molar-refractivity contribution in [3.05, 3.63) is 20.7 Å². The Morgan fingerprint density at radius 1 is 1.45 bits per heavy atom. The van der Waals surface area contributed by atoms with Crippen molar-refractivity contribution in [3.8, 4) is 0 Å². The van der Waals surface area contributed by atoms with Gasteiger partial charge in [-0.25, -0.2) is 4.79 Å². The molecule has 1 aromatic rings. The van der Waals surface area contributed by atoms with Crippen LogP contribution in [0.2, 0.25) is 0 Å². The lowest BCUT2D eigenvalue weighted by Crippen LogP contribution is -2.44. The summed E-state index contributed by atoms with van der Waals surface area (Å²) in [6.45, 7) is 8.48. The third-order valence-corrected chi connectivity index (χ3v) is 3.30. The molecule has 0 radical (unpaired) electrons. The van der Waals surface area contributed by atoms with Crippen LogP contribution in [-0.4, -0.2) is 28.1 Å². The van der Waals surface area contributed by atoms with Crippen LogP contribution in [0.4, 0.5) is 0 Å². The van der Waals surface area contributed by atoms with Crippen molar-refractivity contribution in [2.45, 2.75) is 52.8 Å². The van der Waals surface area contributed by atoms with Crippen LogP contribution >= 0.6 is 11.3 Å². The number of hydrogen-bond acceptors (Lipinski definition) is 5. The average Bonchev–Trinajstić information content (AvgIpc) is 2.58. The van der Waals surface area contributed by atoms with Crippen LogP contribution in [0.1, 0.15) is 33.4 Å². The Kier molecular flexibility index (Phi) is 5.10. The summed E-state index contributed by atoms with van der Waals surface area (Å²) in [5, 5.41) is 4.21. The van der Waals surface area contributed by atoms with Crippen molar-refractivity contribution in [3.63, 3.8) is 0 Å². The van der Waals surface area contributed by atoms with Crippen molar-refractivity contribution in [2.24, 2.45) is 0 Å². The molecule has 0 spiro atoms. The molecule has 1 N–H and O–H groups in total. The zero-order chi connectivity index (χ0) is 15.5. The van der Waals surface area contributed by atoms with E-state index in [-0.39, 0.29) is 11.4 Å². The Bertz CT molecular complexity index is 553. The lowest BCUT2D eigenvalue weighted by molar-refractivity contribution is -0.158. The first-order valence-corrected chi connectivity index (χ1v) is 7.15. The van der Waals surface area contributed by atoms with Crippen LogP contribution in [0.25, 0.3) is 0 Å². The highest BCUT2D eigenvalue weighted by molar-refractivity contribution is 7.07. The summed E-state index contributed by atoms with van der Waals surface area (Å²) in [6, 6.07) is -0.753. The maximum atomic E-state index is 11.8. The number of aryl methyl sites for hydroxylation is 1. The Hall–Kier alpha value is -1.63. The minimum atomic E-state index is -0.753. The zero-order valence-corrected chi connectivity index (χ0v) is 13.2. The number of aromatic nitrogens is 1. The van der Waals surface area contributed by atoms with Gasteiger partial charge in [0.15, 0.2) is 0 Å². The van der Waals surface area contributed by atoms with E-state index in [1.165, 1.54) is 4.57 Å². The van der Waals surface area contributed by atoms with E-state index in [9.17, 15) is 14.4 Å². The smallest absolute Gasteiger partial charge is 0.328 e. The summed E-state index contributed by atoms with van der Waals surface area (Å²) < 4.78 is 6.53. The third kappa shape index (κ3) is 4.80. The van der Waals surface area contributed by atoms with Gasteiger partial charge < -0.3 is 10.1 Å². The molecule has 1 heterocycles. The van der Waals surface area contributed by atoms with Crippen molar-refractivity contribution >= 4 is 23.2 Å². The molecule has 0 aliphatic heterocycles. The number of nitrogens with zero attached hydrogens (tertiary/aromatic N) is 1. The van der Waals surface area contributed by atoms with E-state index in [1.54, 1.807) is 40.0 Å². The molecule has 1 amide bonds. The topological polar surface area (TPSA) is 77.4 Å². The summed E-state index contributed by atoms with van der Waals surface area (Å²) in [7, 11) is 0. The first kappa shape index (κ1) is 16.4. The molecule has 112 valence electrons. The molecular formula is C13H20N2O4S. The first-order valence-electron chi connectivity index (χ1n) is 6.27. The predicted molar refractivity (Wildman–Crippen MR) is 76.8 cm³/mol. The van der Waals surface area contributed by atoms with Gasteiger partial charge in [0.2, 0.25) is 5.91 Å². The van der Waals surface area contributed by atoms with Gasteiger partial charge in [0.25, 0.3) is 0 Å². The molecule has 0 aliphatic carbocycles. The predicted octanol–water partition coefficient (Wildman–Crippen LogP) is 1.06. The second kappa shape index (κ2) is 6.21. The van der Waals surface area contributed by atoms with Crippen LogP contribution in [0, 0.1) is 6.92 Å². The fraction of sp³-hybridized carbons (Fsp3) is 0.615. The van der Waals surface area contributed by atoms with Gasteiger partial charge in [-0.2, -0.15) is 0 Å². The molecular weight excluding hydrogens is 280 g/mol. The van der Waals surface area contributed by atoms with Gasteiger partial charge in [0.1, 0.15) is 18.2 Å². The minimum Gasteiger partial charge on any atom is -0.458 e. The number of amides is 1. The van der Waals surface area contributed by atoms with Gasteiger partial charge in [-0.1, -0.05) is 11.3 Å². The van der Waals surface area contributed by atoms with E-state index in [0.29, 0.717) is 0 Å². The number of thiazole rings is 1. The molecule has 1 atom stereocenters. The fourth-order valence-electron chi connectivity index (χ4n) is 1.48. The summed E-state index contributed by atoms with van der Waals surface area (Å²) in [4.78, 5) is 34.8. The number of carbonyl (C=O) groups excluding carboxylic acids is 2. The van der Waals surface area contributed by atoms with Crippen molar-refractivity contribution < 1.29 is 14.3 Å². The van der Waals surface area contributed by atoms with E-state index in [2.05, 4.69) is 5.32 Å². The quantitative estimate of drug-likeness (QED) is 0.844. The van der Waals surface area contributed by atoms with E-state index in [0.717, 1.165) is 17.0 Å². The Labute approximate surface area is 121 Å². The summed E-state index contributed by atoms with van der Waals surface area (Å²) >= 11 is 1.04. The van der Waals surface area contributed by atoms with Crippen LogP contribution in [-0.2, 0) is 20.9 Å². The van der Waals surface area contributed by atoms with Crippen LogP contribution in [0.15, 0.2) is 10.2 Å². The normalized spacial score (nSPS) is 12.8. The largest absolute Gasteiger partial charge is 0.458 e. The second-order valence-corrected chi connectivity index (χ2v) is 6.37. The van der Waals surface area contributed by atoms with Gasteiger partial charge in [-0.3, -0.25) is 14.2 Å². The monoisotopic (exact) mass is 300 g/mol. The van der Waals surface area contributed by atoms with Crippen molar-refractivity contribution in [2.75, 3.05) is 0 Å². The van der Waals surface area contributed by atoms with Gasteiger partial charge in [-0.15, -0.1) is 0 Å². The number of rotatable bonds is 4. The fourth-order valence-corrected chi connectivity index (χ4v) is 2.21. The molecule has 1 rings (SSSR count). The molecule has 7 heteroatoms.